The molecule has 0 atom stereocenters. The van der Waals surface area contributed by atoms with E-state index in [-0.39, 0.29) is 19.0 Å². The van der Waals surface area contributed by atoms with E-state index in [4.69, 9.17) is 19.3 Å². The number of aryl methyl sites for hydroxylation is 1. The van der Waals surface area contributed by atoms with Crippen molar-refractivity contribution in [2.45, 2.75) is 6.92 Å². The lowest BCUT2D eigenvalue weighted by Gasteiger charge is -2.04. The van der Waals surface area contributed by atoms with Crippen molar-refractivity contribution in [1.82, 2.24) is 0 Å². The zero-order chi connectivity index (χ0) is 20.6. The van der Waals surface area contributed by atoms with Crippen molar-refractivity contribution >= 4 is 0 Å². The minimum absolute atomic E-state index is 0.0981. The maximum atomic E-state index is 12.9. The van der Waals surface area contributed by atoms with Crippen LogP contribution in [0.25, 0.3) is 0 Å². The fraction of sp³-hybridized carbons (Fsp3) is 0.273. The maximum Gasteiger partial charge on any atom is 0.200 e. The molecule has 0 amide bonds. The lowest BCUT2D eigenvalue weighted by Crippen LogP contribution is -1.97. The second-order valence-corrected chi connectivity index (χ2v) is 5.57. The van der Waals surface area contributed by atoms with Crippen LogP contribution >= 0.6 is 0 Å². The molecule has 0 bridgehead atoms. The number of rotatable bonds is 9. The van der Waals surface area contributed by atoms with Gasteiger partial charge in [0.2, 0.25) is 5.82 Å². The van der Waals surface area contributed by atoms with Gasteiger partial charge in [0.05, 0.1) is 13.2 Å². The molecule has 0 saturated carbocycles. The Hall–Kier alpha value is -2.70. The van der Waals surface area contributed by atoms with E-state index in [9.17, 15) is 8.78 Å². The number of ether oxygens (including phenoxy) is 3. The third-order valence-corrected chi connectivity index (χ3v) is 3.29. The van der Waals surface area contributed by atoms with Crippen molar-refractivity contribution in [3.8, 4) is 11.5 Å². The minimum atomic E-state index is -0.995. The summed E-state index contributed by atoms with van der Waals surface area (Å²) < 4.78 is 40.8. The first kappa shape index (κ1) is 23.3. The summed E-state index contributed by atoms with van der Waals surface area (Å²) in [5.74, 6) is -1.15. The van der Waals surface area contributed by atoms with Crippen LogP contribution in [-0.4, -0.2) is 38.6 Å². The van der Waals surface area contributed by atoms with Crippen molar-refractivity contribution in [3.05, 3.63) is 84.0 Å². The van der Waals surface area contributed by atoms with Crippen LogP contribution in [0.1, 0.15) is 5.56 Å². The van der Waals surface area contributed by atoms with Gasteiger partial charge in [0.25, 0.3) is 0 Å². The molecule has 152 valence electrons. The number of methoxy groups -OCH3 is 1. The van der Waals surface area contributed by atoms with Gasteiger partial charge in [-0.15, -0.1) is 0 Å². The predicted octanol–water partition coefficient (Wildman–Crippen LogP) is 4.47. The molecule has 2 aromatic carbocycles. The Labute approximate surface area is 164 Å². The minimum Gasteiger partial charge on any atom is -0.490 e. The molecule has 0 unspecified atom stereocenters. The highest BCUT2D eigenvalue weighted by Crippen LogP contribution is 2.18. The fourth-order valence-electron chi connectivity index (χ4n) is 1.96. The number of benzene rings is 2. The Balaban J connectivity index is 0.000000280. The summed E-state index contributed by atoms with van der Waals surface area (Å²) in [6, 6.07) is 11.7. The topological polar surface area (TPSA) is 47.9 Å². The molecule has 28 heavy (non-hydrogen) atoms. The summed E-state index contributed by atoms with van der Waals surface area (Å²) in [6.07, 6.45) is 6.86. The van der Waals surface area contributed by atoms with Crippen molar-refractivity contribution < 1.29 is 28.1 Å². The Morgan fingerprint density at radius 1 is 0.893 bits per heavy atom. The molecule has 0 fully saturated rings. The van der Waals surface area contributed by atoms with E-state index in [2.05, 4.69) is 0 Å². The first-order valence-corrected chi connectivity index (χ1v) is 8.74. The Morgan fingerprint density at radius 2 is 1.57 bits per heavy atom. The Morgan fingerprint density at radius 3 is 2.29 bits per heavy atom. The molecule has 6 heteroatoms. The molecule has 0 aromatic heterocycles. The van der Waals surface area contributed by atoms with E-state index in [0.717, 1.165) is 11.8 Å². The highest BCUT2D eigenvalue weighted by Gasteiger charge is 2.07. The van der Waals surface area contributed by atoms with Gasteiger partial charge < -0.3 is 19.3 Å². The van der Waals surface area contributed by atoms with Gasteiger partial charge >= 0.3 is 0 Å². The summed E-state index contributed by atoms with van der Waals surface area (Å²) in [5.41, 5.74) is 1.21. The highest BCUT2D eigenvalue weighted by molar-refractivity contribution is 5.27. The van der Waals surface area contributed by atoms with E-state index in [1.54, 1.807) is 7.11 Å². The van der Waals surface area contributed by atoms with Crippen LogP contribution in [0.3, 0.4) is 0 Å². The van der Waals surface area contributed by atoms with Crippen molar-refractivity contribution in [2.24, 2.45) is 0 Å². The van der Waals surface area contributed by atoms with Gasteiger partial charge in [-0.3, -0.25) is 0 Å². The normalized spacial score (nSPS) is 10.8. The maximum absolute atomic E-state index is 12.9. The highest BCUT2D eigenvalue weighted by atomic mass is 19.2. The van der Waals surface area contributed by atoms with Gasteiger partial charge in [-0.2, -0.15) is 4.39 Å². The number of aliphatic hydroxyl groups excluding tert-OH is 1. The second-order valence-electron chi connectivity index (χ2n) is 5.57. The summed E-state index contributed by atoms with van der Waals surface area (Å²) >= 11 is 0. The fourth-order valence-corrected chi connectivity index (χ4v) is 1.96. The summed E-state index contributed by atoms with van der Waals surface area (Å²) in [5, 5.41) is 8.39. The number of halogens is 2. The zero-order valence-corrected chi connectivity index (χ0v) is 16.1. The van der Waals surface area contributed by atoms with Crippen LogP contribution in [0.2, 0.25) is 0 Å². The molecular formula is C22H26F2O4. The first-order chi connectivity index (χ1) is 13.6. The number of hydrogen-bond acceptors (Lipinski definition) is 4. The Kier molecular flexibility index (Phi) is 12.0. The molecule has 0 aliphatic carbocycles. The molecule has 2 rings (SSSR count). The monoisotopic (exact) mass is 392 g/mol. The van der Waals surface area contributed by atoms with Gasteiger partial charge in [-0.25, -0.2) is 4.39 Å². The molecule has 2 aromatic rings. The third-order valence-electron chi connectivity index (χ3n) is 3.29. The SMILES string of the molecule is COC/C=C/COc1cccc(C)c1.OC/C=C/COc1cccc(F)c1F. The number of hydrogen-bond donors (Lipinski definition) is 1. The van der Waals surface area contributed by atoms with Crippen molar-refractivity contribution in [2.75, 3.05) is 33.5 Å². The summed E-state index contributed by atoms with van der Waals surface area (Å²) in [4.78, 5) is 0. The molecule has 0 spiro atoms. The van der Waals surface area contributed by atoms with Crippen LogP contribution in [0.15, 0.2) is 66.8 Å². The summed E-state index contributed by atoms with van der Waals surface area (Å²) in [7, 11) is 1.67. The quantitative estimate of drug-likeness (QED) is 0.640. The average Bonchev–Trinajstić information content (AvgIpc) is 2.69. The lowest BCUT2D eigenvalue weighted by molar-refractivity contribution is 0.233. The smallest absolute Gasteiger partial charge is 0.200 e. The van der Waals surface area contributed by atoms with Crippen molar-refractivity contribution in [1.29, 1.82) is 0 Å². The van der Waals surface area contributed by atoms with Crippen LogP contribution in [-0.2, 0) is 4.74 Å². The molecule has 4 nitrogen and oxygen atoms in total. The molecule has 0 saturated heterocycles. The molecule has 1 N–H and O–H groups in total. The molecule has 0 aliphatic heterocycles. The lowest BCUT2D eigenvalue weighted by atomic mass is 10.2. The van der Waals surface area contributed by atoms with E-state index in [1.165, 1.54) is 29.8 Å². The van der Waals surface area contributed by atoms with Gasteiger partial charge in [0.15, 0.2) is 11.6 Å². The predicted molar refractivity (Wildman–Crippen MR) is 106 cm³/mol. The second kappa shape index (κ2) is 14.4. The third kappa shape index (κ3) is 9.85. The van der Waals surface area contributed by atoms with E-state index in [0.29, 0.717) is 13.2 Å². The first-order valence-electron chi connectivity index (χ1n) is 8.74. The molecule has 0 radical (unpaired) electrons. The van der Waals surface area contributed by atoms with Gasteiger partial charge in [-0.05, 0) is 48.9 Å². The van der Waals surface area contributed by atoms with Gasteiger partial charge in [-0.1, -0.05) is 30.4 Å². The van der Waals surface area contributed by atoms with Gasteiger partial charge in [0, 0.05) is 7.11 Å². The zero-order valence-electron chi connectivity index (χ0n) is 16.1. The molecule has 0 aliphatic rings. The summed E-state index contributed by atoms with van der Waals surface area (Å²) in [6.45, 7) is 3.27. The number of aliphatic hydroxyl groups is 1. The standard InChI is InChI=1S/C12H16O2.C10H10F2O2/c1-11-6-5-7-12(10-11)14-9-4-3-8-13-2;11-8-4-3-5-9(10(8)12)14-7-2-1-6-13/h3-7,10H,8-9H2,1-2H3;1-5,13H,6-7H2/b4-3+;2-1+. The van der Waals surface area contributed by atoms with Crippen LogP contribution in [0.5, 0.6) is 11.5 Å². The van der Waals surface area contributed by atoms with E-state index < -0.39 is 11.6 Å². The van der Waals surface area contributed by atoms with E-state index >= 15 is 0 Å². The largest absolute Gasteiger partial charge is 0.490 e. The molecular weight excluding hydrogens is 366 g/mol. The Bertz CT molecular complexity index is 745. The average molecular weight is 392 g/mol. The van der Waals surface area contributed by atoms with Crippen molar-refractivity contribution in [3.63, 3.8) is 0 Å². The van der Waals surface area contributed by atoms with E-state index in [1.807, 2.05) is 43.3 Å². The van der Waals surface area contributed by atoms with Crippen LogP contribution < -0.4 is 9.47 Å². The molecule has 0 heterocycles. The van der Waals surface area contributed by atoms with Crippen LogP contribution in [0, 0.1) is 18.6 Å². The van der Waals surface area contributed by atoms with Crippen LogP contribution in [0.4, 0.5) is 8.78 Å². The van der Waals surface area contributed by atoms with Gasteiger partial charge in [0.1, 0.15) is 19.0 Å².